The third-order valence-corrected chi connectivity index (χ3v) is 1.62. The molecule has 66 valence electrons. The van der Waals surface area contributed by atoms with Crippen molar-refractivity contribution in [3.8, 4) is 0 Å². The fraction of sp³-hybridized carbons (Fsp3) is 0.222. The second-order valence-corrected chi connectivity index (χ2v) is 2.47. The Balaban J connectivity index is 0.00000121. The molecule has 3 heteroatoms. The van der Waals surface area contributed by atoms with E-state index in [9.17, 15) is 0 Å². The van der Waals surface area contributed by atoms with E-state index in [-0.39, 0.29) is 18.4 Å². The Labute approximate surface area is 78.9 Å². The molecule has 0 saturated heterocycles. The van der Waals surface area contributed by atoms with Gasteiger partial charge in [-0.25, -0.2) is 0 Å². The van der Waals surface area contributed by atoms with Gasteiger partial charge in [0.2, 0.25) is 0 Å². The largest absolute Gasteiger partial charge is 0.319 e. The molecule has 0 radical (unpaired) electrons. The van der Waals surface area contributed by atoms with Gasteiger partial charge in [-0.15, -0.1) is 19.0 Å². The number of nitrogens with two attached hydrogens (primary N) is 1. The van der Waals surface area contributed by atoms with Crippen LogP contribution in [-0.4, -0.2) is 4.98 Å². The van der Waals surface area contributed by atoms with E-state index in [0.717, 1.165) is 11.3 Å². The molecule has 2 N–H and O–H groups in total. The summed E-state index contributed by atoms with van der Waals surface area (Å²) < 4.78 is 0. The summed E-state index contributed by atoms with van der Waals surface area (Å²) in [6.45, 7) is 5.60. The minimum Gasteiger partial charge on any atom is -0.319 e. The first kappa shape index (κ1) is 11.1. The van der Waals surface area contributed by atoms with Crippen LogP contribution < -0.4 is 5.73 Å². The molecule has 0 bridgehead atoms. The van der Waals surface area contributed by atoms with Crippen LogP contribution in [0.3, 0.4) is 0 Å². The van der Waals surface area contributed by atoms with Crippen LogP contribution in [0.15, 0.2) is 31.0 Å². The first-order valence-electron chi connectivity index (χ1n) is 3.55. The summed E-state index contributed by atoms with van der Waals surface area (Å²) >= 11 is 0. The maximum Gasteiger partial charge on any atom is 0.0656 e. The number of nitrogens with zero attached hydrogens (tertiary/aromatic N) is 1. The molecule has 0 amide bonds. The van der Waals surface area contributed by atoms with Gasteiger partial charge in [0.1, 0.15) is 0 Å². The van der Waals surface area contributed by atoms with Gasteiger partial charge in [-0.1, -0.05) is 12.1 Å². The van der Waals surface area contributed by atoms with Crippen molar-refractivity contribution in [2.45, 2.75) is 13.0 Å². The van der Waals surface area contributed by atoms with Crippen LogP contribution in [0.4, 0.5) is 0 Å². The summed E-state index contributed by atoms with van der Waals surface area (Å²) in [6, 6.07) is 3.75. The number of hydrogen-bond donors (Lipinski definition) is 1. The molecule has 0 aliphatic carbocycles. The lowest BCUT2D eigenvalue weighted by atomic mass is 10.1. The van der Waals surface area contributed by atoms with Gasteiger partial charge in [0.05, 0.1) is 11.7 Å². The first-order valence-corrected chi connectivity index (χ1v) is 3.55. The average Bonchev–Trinajstić information content (AvgIpc) is 2.04. The van der Waals surface area contributed by atoms with E-state index in [1.54, 1.807) is 12.3 Å². The molecule has 0 unspecified atom stereocenters. The zero-order valence-electron chi connectivity index (χ0n) is 7.03. The van der Waals surface area contributed by atoms with Crippen molar-refractivity contribution >= 4 is 12.4 Å². The molecule has 0 aromatic carbocycles. The molecule has 0 fully saturated rings. The van der Waals surface area contributed by atoms with Crippen molar-refractivity contribution in [2.75, 3.05) is 0 Å². The Morgan fingerprint density at radius 1 is 1.67 bits per heavy atom. The molecule has 0 saturated carbocycles. The monoisotopic (exact) mass is 184 g/mol. The van der Waals surface area contributed by atoms with Crippen molar-refractivity contribution in [3.05, 3.63) is 42.2 Å². The van der Waals surface area contributed by atoms with Crippen LogP contribution in [0, 0.1) is 6.92 Å². The quantitative estimate of drug-likeness (QED) is 0.715. The molecule has 1 rings (SSSR count). The van der Waals surface area contributed by atoms with Gasteiger partial charge < -0.3 is 5.73 Å². The van der Waals surface area contributed by atoms with Gasteiger partial charge in [0, 0.05) is 6.20 Å². The highest BCUT2D eigenvalue weighted by Gasteiger charge is 2.03. The average molecular weight is 185 g/mol. The highest BCUT2D eigenvalue weighted by Crippen LogP contribution is 2.11. The minimum atomic E-state index is -0.142. The Bertz CT molecular complexity index is 260. The summed E-state index contributed by atoms with van der Waals surface area (Å²) in [5.74, 6) is 0. The van der Waals surface area contributed by atoms with Crippen LogP contribution in [-0.2, 0) is 0 Å². The zero-order valence-corrected chi connectivity index (χ0v) is 7.84. The lowest BCUT2D eigenvalue weighted by molar-refractivity contribution is 0.851. The number of hydrogen-bond acceptors (Lipinski definition) is 2. The van der Waals surface area contributed by atoms with Crippen molar-refractivity contribution < 1.29 is 0 Å². The van der Waals surface area contributed by atoms with E-state index in [2.05, 4.69) is 11.6 Å². The molecular weight excluding hydrogens is 172 g/mol. The Morgan fingerprint density at radius 2 is 2.33 bits per heavy atom. The van der Waals surface area contributed by atoms with Crippen LogP contribution >= 0.6 is 12.4 Å². The van der Waals surface area contributed by atoms with E-state index in [4.69, 9.17) is 5.73 Å². The van der Waals surface area contributed by atoms with Crippen molar-refractivity contribution in [2.24, 2.45) is 5.73 Å². The van der Waals surface area contributed by atoms with Gasteiger partial charge in [-0.05, 0) is 18.6 Å². The van der Waals surface area contributed by atoms with Crippen molar-refractivity contribution in [1.82, 2.24) is 4.98 Å². The first-order chi connectivity index (χ1) is 5.25. The molecular formula is C9H13ClN2. The summed E-state index contributed by atoms with van der Waals surface area (Å²) in [4.78, 5) is 4.15. The lowest BCUT2D eigenvalue weighted by Crippen LogP contribution is -2.09. The number of aromatic nitrogens is 1. The molecule has 12 heavy (non-hydrogen) atoms. The number of rotatable bonds is 2. The molecule has 2 nitrogen and oxygen atoms in total. The van der Waals surface area contributed by atoms with Crippen LogP contribution in [0.5, 0.6) is 0 Å². The van der Waals surface area contributed by atoms with Gasteiger partial charge in [0.15, 0.2) is 0 Å². The molecule has 0 aliphatic rings. The number of aryl methyl sites for hydroxylation is 1. The van der Waals surface area contributed by atoms with Crippen LogP contribution in [0.1, 0.15) is 17.3 Å². The standard InChI is InChI=1S/C9H12N2.ClH/c1-3-8(10)9-7(2)5-4-6-11-9;/h3-6,8H,1,10H2,2H3;1H/t8-;/m0./s1. The second-order valence-electron chi connectivity index (χ2n) is 2.47. The molecule has 0 spiro atoms. The van der Waals surface area contributed by atoms with E-state index >= 15 is 0 Å². The smallest absolute Gasteiger partial charge is 0.0656 e. The van der Waals surface area contributed by atoms with Crippen LogP contribution in [0.2, 0.25) is 0 Å². The van der Waals surface area contributed by atoms with Gasteiger partial charge in [0.25, 0.3) is 0 Å². The van der Waals surface area contributed by atoms with Gasteiger partial charge in [-0.3, -0.25) is 4.98 Å². The Hall–Kier alpha value is -0.860. The van der Waals surface area contributed by atoms with Gasteiger partial charge >= 0.3 is 0 Å². The lowest BCUT2D eigenvalue weighted by Gasteiger charge is -2.07. The molecule has 1 aromatic heterocycles. The van der Waals surface area contributed by atoms with Crippen LogP contribution in [0.25, 0.3) is 0 Å². The normalized spacial score (nSPS) is 11.5. The summed E-state index contributed by atoms with van der Waals surface area (Å²) in [5.41, 5.74) is 7.73. The second kappa shape index (κ2) is 4.91. The predicted octanol–water partition coefficient (Wildman–Crippen LogP) is 2.00. The zero-order chi connectivity index (χ0) is 8.27. The maximum atomic E-state index is 5.71. The summed E-state index contributed by atoms with van der Waals surface area (Å²) in [6.07, 6.45) is 3.43. The highest BCUT2D eigenvalue weighted by molar-refractivity contribution is 5.85. The van der Waals surface area contributed by atoms with E-state index < -0.39 is 0 Å². The van der Waals surface area contributed by atoms with E-state index in [0.29, 0.717) is 0 Å². The molecule has 1 atom stereocenters. The topological polar surface area (TPSA) is 38.9 Å². The van der Waals surface area contributed by atoms with Crippen molar-refractivity contribution in [3.63, 3.8) is 0 Å². The Kier molecular flexibility index (Phi) is 4.55. The van der Waals surface area contributed by atoms with E-state index in [1.807, 2.05) is 19.1 Å². The minimum absolute atomic E-state index is 0. The number of halogens is 1. The highest BCUT2D eigenvalue weighted by atomic mass is 35.5. The third kappa shape index (κ3) is 2.32. The summed E-state index contributed by atoms with van der Waals surface area (Å²) in [5, 5.41) is 0. The maximum absolute atomic E-state index is 5.71. The SMILES string of the molecule is C=C[C@H](N)c1ncccc1C.Cl. The summed E-state index contributed by atoms with van der Waals surface area (Å²) in [7, 11) is 0. The van der Waals surface area contributed by atoms with Crippen molar-refractivity contribution in [1.29, 1.82) is 0 Å². The third-order valence-electron chi connectivity index (χ3n) is 1.62. The predicted molar refractivity (Wildman–Crippen MR) is 53.3 cm³/mol. The van der Waals surface area contributed by atoms with Gasteiger partial charge in [-0.2, -0.15) is 0 Å². The molecule has 1 heterocycles. The fourth-order valence-corrected chi connectivity index (χ4v) is 0.958. The van der Waals surface area contributed by atoms with E-state index in [1.165, 1.54) is 0 Å². The molecule has 1 aromatic rings. The molecule has 0 aliphatic heterocycles. The Morgan fingerprint density at radius 3 is 2.83 bits per heavy atom. The fourth-order valence-electron chi connectivity index (χ4n) is 0.958. The number of pyridine rings is 1.